The third-order valence-corrected chi connectivity index (χ3v) is 6.02. The van der Waals surface area contributed by atoms with E-state index >= 15 is 0 Å². The van der Waals surface area contributed by atoms with E-state index in [4.69, 9.17) is 11.6 Å². The number of nitrogens with one attached hydrogen (secondary N) is 2. The number of halogens is 1. The highest BCUT2D eigenvalue weighted by atomic mass is 35.5. The molecule has 1 aliphatic rings. The van der Waals surface area contributed by atoms with Crippen LogP contribution in [0.5, 0.6) is 0 Å². The Kier molecular flexibility index (Phi) is 6.65. The molecule has 2 N–H and O–H groups in total. The van der Waals surface area contributed by atoms with E-state index in [0.29, 0.717) is 35.6 Å². The first-order valence-electron chi connectivity index (χ1n) is 10.2. The summed E-state index contributed by atoms with van der Waals surface area (Å²) in [6.07, 6.45) is 2.72. The van der Waals surface area contributed by atoms with Crippen LogP contribution >= 0.6 is 11.6 Å². The predicted octanol–water partition coefficient (Wildman–Crippen LogP) is 4.47. The number of fused-ring (bicyclic) bond motifs is 1. The van der Waals surface area contributed by atoms with Crippen molar-refractivity contribution >= 4 is 34.3 Å². The summed E-state index contributed by atoms with van der Waals surface area (Å²) in [4.78, 5) is 30.3. The van der Waals surface area contributed by atoms with Crippen molar-refractivity contribution in [3.8, 4) is 0 Å². The van der Waals surface area contributed by atoms with Gasteiger partial charge in [-0.2, -0.15) is 0 Å². The van der Waals surface area contributed by atoms with Crippen molar-refractivity contribution in [1.29, 1.82) is 0 Å². The van der Waals surface area contributed by atoms with Crippen molar-refractivity contribution in [2.24, 2.45) is 17.8 Å². The molecule has 1 aliphatic heterocycles. The molecule has 2 heterocycles. The molecule has 0 spiro atoms. The van der Waals surface area contributed by atoms with Gasteiger partial charge in [0, 0.05) is 41.5 Å². The van der Waals surface area contributed by atoms with Gasteiger partial charge in [0.05, 0.1) is 0 Å². The maximum Gasteiger partial charge on any atom is 0.270 e. The molecule has 0 aliphatic carbocycles. The summed E-state index contributed by atoms with van der Waals surface area (Å²) in [5.41, 5.74) is 1.50. The summed E-state index contributed by atoms with van der Waals surface area (Å²) in [5.74, 6) is 1.05. The molecule has 5 nitrogen and oxygen atoms in total. The largest absolute Gasteiger partial charge is 0.356 e. The van der Waals surface area contributed by atoms with Crippen molar-refractivity contribution in [2.45, 2.75) is 40.0 Å². The Morgan fingerprint density at radius 1 is 1.21 bits per heavy atom. The smallest absolute Gasteiger partial charge is 0.270 e. The maximum atomic E-state index is 12.9. The lowest BCUT2D eigenvalue weighted by Gasteiger charge is -2.34. The lowest BCUT2D eigenvalue weighted by Crippen LogP contribution is -2.43. The third kappa shape index (κ3) is 4.88. The molecule has 6 heteroatoms. The number of rotatable bonds is 6. The van der Waals surface area contributed by atoms with Crippen molar-refractivity contribution in [3.05, 3.63) is 35.0 Å². The minimum Gasteiger partial charge on any atom is -0.356 e. The van der Waals surface area contributed by atoms with Crippen LogP contribution in [0.4, 0.5) is 0 Å². The van der Waals surface area contributed by atoms with Crippen LogP contribution in [-0.2, 0) is 4.79 Å². The van der Waals surface area contributed by atoms with Crippen molar-refractivity contribution < 1.29 is 9.59 Å². The van der Waals surface area contributed by atoms with Crippen LogP contribution in [-0.4, -0.2) is 41.3 Å². The summed E-state index contributed by atoms with van der Waals surface area (Å²) < 4.78 is 0. The second-order valence-electron chi connectivity index (χ2n) is 8.31. The fraction of sp³-hybridized carbons (Fsp3) is 0.545. The summed E-state index contributed by atoms with van der Waals surface area (Å²) in [6.45, 7) is 8.43. The number of aromatic amines is 1. The molecule has 2 aromatic rings. The van der Waals surface area contributed by atoms with Crippen LogP contribution in [0.1, 0.15) is 50.5 Å². The number of amides is 2. The highest BCUT2D eigenvalue weighted by Gasteiger charge is 2.30. The zero-order valence-electron chi connectivity index (χ0n) is 16.9. The maximum absolute atomic E-state index is 12.9. The molecule has 1 unspecified atom stereocenters. The average molecular weight is 404 g/mol. The molecule has 0 bridgehead atoms. The number of nitrogens with zero attached hydrogens (tertiary/aromatic N) is 1. The number of likely N-dealkylation sites (tertiary alicyclic amines) is 1. The van der Waals surface area contributed by atoms with Crippen LogP contribution in [0.2, 0.25) is 5.02 Å². The zero-order chi connectivity index (χ0) is 20.3. The normalized spacial score (nSPS) is 16.5. The number of piperidine rings is 1. The molecule has 1 saturated heterocycles. The Hall–Kier alpha value is -2.01. The molecular weight excluding hydrogens is 374 g/mol. The summed E-state index contributed by atoms with van der Waals surface area (Å²) in [7, 11) is 0. The van der Waals surface area contributed by atoms with E-state index in [1.165, 1.54) is 0 Å². The number of carbonyl (C=O) groups excluding carboxylic acids is 2. The first kappa shape index (κ1) is 20.7. The monoisotopic (exact) mass is 403 g/mol. The fourth-order valence-corrected chi connectivity index (χ4v) is 4.03. The van der Waals surface area contributed by atoms with E-state index in [1.807, 2.05) is 36.1 Å². The standard InChI is InChI=1S/C22H30ClN3O2/c1-14(2)6-9-24-21(27)15(3)16-7-10-26(11-8-16)22(28)20-13-17-12-18(23)4-5-19(17)25-20/h4-5,12-16,25H,6-11H2,1-3H3,(H,24,27). The van der Waals surface area contributed by atoms with Crippen LogP contribution in [0.25, 0.3) is 10.9 Å². The topological polar surface area (TPSA) is 65.2 Å². The average Bonchev–Trinajstić information content (AvgIpc) is 3.09. The van der Waals surface area contributed by atoms with Gasteiger partial charge in [-0.3, -0.25) is 9.59 Å². The number of carbonyl (C=O) groups is 2. The first-order chi connectivity index (χ1) is 13.3. The Balaban J connectivity index is 1.53. The highest BCUT2D eigenvalue weighted by Crippen LogP contribution is 2.27. The SMILES string of the molecule is CC(C)CCNC(=O)C(C)C1CCN(C(=O)c2cc3cc(Cl)ccc3[nH]2)CC1. The van der Waals surface area contributed by atoms with Gasteiger partial charge in [0.15, 0.2) is 0 Å². The molecule has 1 atom stereocenters. The van der Waals surface area contributed by atoms with Gasteiger partial charge < -0.3 is 15.2 Å². The summed E-state index contributed by atoms with van der Waals surface area (Å²) in [5, 5.41) is 4.66. The molecule has 3 rings (SSSR count). The van der Waals surface area contributed by atoms with Crippen molar-refractivity contribution in [2.75, 3.05) is 19.6 Å². The van der Waals surface area contributed by atoms with Gasteiger partial charge in [-0.1, -0.05) is 32.4 Å². The third-order valence-electron chi connectivity index (χ3n) is 5.78. The number of H-pyrrole nitrogens is 1. The highest BCUT2D eigenvalue weighted by molar-refractivity contribution is 6.31. The van der Waals surface area contributed by atoms with E-state index in [9.17, 15) is 9.59 Å². The Labute approximate surface area is 171 Å². The molecule has 1 aromatic heterocycles. The first-order valence-corrected chi connectivity index (χ1v) is 10.6. The van der Waals surface area contributed by atoms with Crippen LogP contribution in [0.3, 0.4) is 0 Å². The number of hydrogen-bond acceptors (Lipinski definition) is 2. The Morgan fingerprint density at radius 3 is 2.61 bits per heavy atom. The van der Waals surface area contributed by atoms with Crippen molar-refractivity contribution in [3.63, 3.8) is 0 Å². The summed E-state index contributed by atoms with van der Waals surface area (Å²) in [6, 6.07) is 7.42. The van der Waals surface area contributed by atoms with E-state index in [0.717, 1.165) is 36.7 Å². The number of hydrogen-bond donors (Lipinski definition) is 2. The van der Waals surface area contributed by atoms with Gasteiger partial charge in [0.1, 0.15) is 5.69 Å². The van der Waals surface area contributed by atoms with E-state index in [-0.39, 0.29) is 17.7 Å². The van der Waals surface area contributed by atoms with Crippen LogP contribution < -0.4 is 5.32 Å². The molecule has 28 heavy (non-hydrogen) atoms. The van der Waals surface area contributed by atoms with Gasteiger partial charge in [-0.25, -0.2) is 0 Å². The lowest BCUT2D eigenvalue weighted by atomic mass is 9.84. The second-order valence-corrected chi connectivity index (χ2v) is 8.74. The van der Waals surface area contributed by atoms with Gasteiger partial charge in [-0.05, 0) is 55.4 Å². The minimum absolute atomic E-state index is 0.0137. The van der Waals surface area contributed by atoms with Crippen LogP contribution in [0.15, 0.2) is 24.3 Å². The molecule has 1 aromatic carbocycles. The summed E-state index contributed by atoms with van der Waals surface area (Å²) >= 11 is 6.03. The minimum atomic E-state index is -0.0142. The number of benzene rings is 1. The molecule has 1 fully saturated rings. The molecule has 0 radical (unpaired) electrons. The molecule has 0 saturated carbocycles. The van der Waals surface area contributed by atoms with E-state index in [1.54, 1.807) is 0 Å². The lowest BCUT2D eigenvalue weighted by molar-refractivity contribution is -0.126. The number of aromatic nitrogens is 1. The zero-order valence-corrected chi connectivity index (χ0v) is 17.7. The van der Waals surface area contributed by atoms with Gasteiger partial charge in [0.2, 0.25) is 5.91 Å². The van der Waals surface area contributed by atoms with Gasteiger partial charge in [-0.15, -0.1) is 0 Å². The van der Waals surface area contributed by atoms with E-state index < -0.39 is 0 Å². The Morgan fingerprint density at radius 2 is 1.93 bits per heavy atom. The van der Waals surface area contributed by atoms with E-state index in [2.05, 4.69) is 24.1 Å². The second kappa shape index (κ2) is 8.99. The molecule has 152 valence electrons. The quantitative estimate of drug-likeness (QED) is 0.747. The van der Waals surface area contributed by atoms with Crippen LogP contribution in [0, 0.1) is 17.8 Å². The Bertz CT molecular complexity index is 837. The van der Waals surface area contributed by atoms with Gasteiger partial charge in [0.25, 0.3) is 5.91 Å². The van der Waals surface area contributed by atoms with Crippen molar-refractivity contribution in [1.82, 2.24) is 15.2 Å². The predicted molar refractivity (Wildman–Crippen MR) is 114 cm³/mol. The fourth-order valence-electron chi connectivity index (χ4n) is 3.85. The van der Waals surface area contributed by atoms with Gasteiger partial charge >= 0.3 is 0 Å². The molecular formula is C22H30ClN3O2. The molecule has 2 amide bonds.